The Kier molecular flexibility index (Phi) is 4.51. The number of nitrogens with zero attached hydrogens (tertiary/aromatic N) is 3. The normalized spacial score (nSPS) is 21.1. The third-order valence-electron chi connectivity index (χ3n) is 5.98. The monoisotopic (exact) mass is 375 g/mol. The zero-order chi connectivity index (χ0) is 19.0. The molecule has 3 heterocycles. The van der Waals surface area contributed by atoms with Crippen molar-refractivity contribution < 1.29 is 9.47 Å². The highest BCUT2D eigenvalue weighted by Gasteiger charge is 2.49. The van der Waals surface area contributed by atoms with Gasteiger partial charge in [-0.15, -0.1) is 0 Å². The number of rotatable bonds is 4. The Balaban J connectivity index is 1.39. The van der Waals surface area contributed by atoms with Gasteiger partial charge >= 0.3 is 0 Å². The van der Waals surface area contributed by atoms with Gasteiger partial charge in [0, 0.05) is 32.3 Å². The Morgan fingerprint density at radius 2 is 1.71 bits per heavy atom. The molecule has 0 saturated carbocycles. The van der Waals surface area contributed by atoms with E-state index in [4.69, 9.17) is 9.47 Å². The van der Waals surface area contributed by atoms with E-state index in [-0.39, 0.29) is 11.9 Å². The van der Waals surface area contributed by atoms with E-state index in [2.05, 4.69) is 52.5 Å². The zero-order valence-corrected chi connectivity index (χ0v) is 16.1. The summed E-state index contributed by atoms with van der Waals surface area (Å²) in [4.78, 5) is 2.51. The van der Waals surface area contributed by atoms with E-state index < -0.39 is 0 Å². The molecular weight excluding hydrogens is 350 g/mol. The molecule has 5 heteroatoms. The molecule has 144 valence electrons. The highest BCUT2D eigenvalue weighted by atomic mass is 16.7. The van der Waals surface area contributed by atoms with Crippen molar-refractivity contribution in [2.45, 2.75) is 31.3 Å². The highest BCUT2D eigenvalue weighted by molar-refractivity contribution is 5.40. The van der Waals surface area contributed by atoms with Gasteiger partial charge in [-0.05, 0) is 30.5 Å². The maximum absolute atomic E-state index is 6.50. The molecule has 1 aromatic heterocycles. The summed E-state index contributed by atoms with van der Waals surface area (Å²) in [5.41, 5.74) is 4.31. The Morgan fingerprint density at radius 3 is 2.39 bits per heavy atom. The molecule has 3 aromatic rings. The number of likely N-dealkylation sites (tertiary alicyclic amines) is 1. The second-order valence-corrected chi connectivity index (χ2v) is 7.63. The van der Waals surface area contributed by atoms with Gasteiger partial charge in [0.2, 0.25) is 6.29 Å². The summed E-state index contributed by atoms with van der Waals surface area (Å²) >= 11 is 0. The SMILES string of the molecule is COC1OC2(CCN(Cc3ccccc3)CC2)c2cnn(-c3ccccc3)c21. The quantitative estimate of drug-likeness (QED) is 0.690. The van der Waals surface area contributed by atoms with Crippen LogP contribution in [0.15, 0.2) is 66.9 Å². The number of hydrogen-bond acceptors (Lipinski definition) is 4. The van der Waals surface area contributed by atoms with Crippen molar-refractivity contribution in [2.24, 2.45) is 0 Å². The standard InChI is InChI=1S/C23H25N3O2/c1-27-22-21-20(16-24-26(21)19-10-6-3-7-11-19)23(28-22)12-14-25(15-13-23)17-18-8-4-2-5-9-18/h2-11,16,22H,12-15,17H2,1H3. The maximum atomic E-state index is 6.50. The lowest BCUT2D eigenvalue weighted by molar-refractivity contribution is -0.204. The van der Waals surface area contributed by atoms with Gasteiger partial charge in [0.15, 0.2) is 0 Å². The molecule has 0 N–H and O–H groups in total. The summed E-state index contributed by atoms with van der Waals surface area (Å²) in [6, 6.07) is 20.9. The molecule has 1 saturated heterocycles. The topological polar surface area (TPSA) is 39.5 Å². The number of ether oxygens (including phenoxy) is 2. The minimum atomic E-state index is -0.377. The van der Waals surface area contributed by atoms with Gasteiger partial charge in [-0.3, -0.25) is 4.90 Å². The number of hydrogen-bond donors (Lipinski definition) is 0. The van der Waals surface area contributed by atoms with Gasteiger partial charge < -0.3 is 9.47 Å². The van der Waals surface area contributed by atoms with Crippen LogP contribution in [0.3, 0.4) is 0 Å². The van der Waals surface area contributed by atoms with Crippen molar-refractivity contribution in [3.63, 3.8) is 0 Å². The first-order chi connectivity index (χ1) is 13.8. The predicted molar refractivity (Wildman–Crippen MR) is 107 cm³/mol. The van der Waals surface area contributed by atoms with Crippen LogP contribution in [0.25, 0.3) is 5.69 Å². The molecule has 0 radical (unpaired) electrons. The first kappa shape index (κ1) is 17.6. The van der Waals surface area contributed by atoms with Crippen LogP contribution in [-0.4, -0.2) is 34.9 Å². The summed E-state index contributed by atoms with van der Waals surface area (Å²) in [5.74, 6) is 0. The predicted octanol–water partition coefficient (Wildman–Crippen LogP) is 4.04. The van der Waals surface area contributed by atoms with E-state index in [0.717, 1.165) is 43.9 Å². The molecule has 1 unspecified atom stereocenters. The third-order valence-corrected chi connectivity index (χ3v) is 5.98. The van der Waals surface area contributed by atoms with Crippen LogP contribution in [0.2, 0.25) is 0 Å². The Labute approximate surface area is 165 Å². The van der Waals surface area contributed by atoms with Crippen molar-refractivity contribution in [1.82, 2.24) is 14.7 Å². The van der Waals surface area contributed by atoms with Gasteiger partial charge in [-0.1, -0.05) is 48.5 Å². The van der Waals surface area contributed by atoms with Crippen LogP contribution in [0.5, 0.6) is 0 Å². The first-order valence-electron chi connectivity index (χ1n) is 9.90. The lowest BCUT2D eigenvalue weighted by Gasteiger charge is -2.39. The average Bonchev–Trinajstić information content (AvgIpc) is 3.32. The number of para-hydroxylation sites is 1. The Hall–Kier alpha value is -2.47. The van der Waals surface area contributed by atoms with Crippen molar-refractivity contribution in [1.29, 1.82) is 0 Å². The van der Waals surface area contributed by atoms with E-state index in [1.165, 1.54) is 11.1 Å². The Bertz CT molecular complexity index is 931. The van der Waals surface area contributed by atoms with Crippen molar-refractivity contribution in [3.8, 4) is 5.69 Å². The largest absolute Gasteiger partial charge is 0.350 e. The molecular formula is C23H25N3O2. The van der Waals surface area contributed by atoms with E-state index in [9.17, 15) is 0 Å². The van der Waals surface area contributed by atoms with E-state index in [0.29, 0.717) is 0 Å². The highest BCUT2D eigenvalue weighted by Crippen LogP contribution is 2.50. The van der Waals surface area contributed by atoms with E-state index >= 15 is 0 Å². The molecule has 28 heavy (non-hydrogen) atoms. The lowest BCUT2D eigenvalue weighted by Crippen LogP contribution is -2.42. The minimum Gasteiger partial charge on any atom is -0.350 e. The smallest absolute Gasteiger partial charge is 0.202 e. The fraction of sp³-hybridized carbons (Fsp3) is 0.348. The molecule has 1 atom stereocenters. The Morgan fingerprint density at radius 1 is 1.04 bits per heavy atom. The van der Waals surface area contributed by atoms with Crippen LogP contribution in [0.4, 0.5) is 0 Å². The zero-order valence-electron chi connectivity index (χ0n) is 16.1. The molecule has 0 bridgehead atoms. The van der Waals surface area contributed by atoms with Crippen LogP contribution in [-0.2, 0) is 21.6 Å². The average molecular weight is 375 g/mol. The number of fused-ring (bicyclic) bond motifs is 2. The summed E-state index contributed by atoms with van der Waals surface area (Å²) < 4.78 is 14.2. The second-order valence-electron chi connectivity index (χ2n) is 7.63. The molecule has 5 rings (SSSR count). The van der Waals surface area contributed by atoms with Crippen LogP contribution < -0.4 is 0 Å². The van der Waals surface area contributed by atoms with E-state index in [1.54, 1.807) is 7.11 Å². The van der Waals surface area contributed by atoms with Crippen LogP contribution in [0.1, 0.15) is 36.0 Å². The molecule has 1 fully saturated rings. The van der Waals surface area contributed by atoms with Crippen molar-refractivity contribution >= 4 is 0 Å². The van der Waals surface area contributed by atoms with Crippen molar-refractivity contribution in [2.75, 3.05) is 20.2 Å². The number of methoxy groups -OCH3 is 1. The minimum absolute atomic E-state index is 0.295. The molecule has 2 aliphatic heterocycles. The summed E-state index contributed by atoms with van der Waals surface area (Å²) in [6.07, 6.45) is 3.51. The number of benzene rings is 2. The molecule has 0 aliphatic carbocycles. The van der Waals surface area contributed by atoms with Gasteiger partial charge in [0.1, 0.15) is 11.3 Å². The van der Waals surface area contributed by atoms with Gasteiger partial charge in [-0.25, -0.2) is 4.68 Å². The summed E-state index contributed by atoms with van der Waals surface area (Å²) in [5, 5.41) is 4.69. The fourth-order valence-corrected chi connectivity index (χ4v) is 4.50. The molecule has 5 nitrogen and oxygen atoms in total. The van der Waals surface area contributed by atoms with E-state index in [1.807, 2.05) is 29.1 Å². The fourth-order valence-electron chi connectivity index (χ4n) is 4.50. The van der Waals surface area contributed by atoms with Gasteiger partial charge in [0.05, 0.1) is 11.9 Å². The molecule has 0 amide bonds. The number of piperidine rings is 1. The summed E-state index contributed by atoms with van der Waals surface area (Å²) in [7, 11) is 1.71. The third kappa shape index (κ3) is 2.96. The molecule has 2 aliphatic rings. The number of aromatic nitrogens is 2. The molecule has 1 spiro atoms. The first-order valence-corrected chi connectivity index (χ1v) is 9.90. The van der Waals surface area contributed by atoms with Crippen molar-refractivity contribution in [3.05, 3.63) is 83.7 Å². The van der Waals surface area contributed by atoms with Crippen LogP contribution >= 0.6 is 0 Å². The summed E-state index contributed by atoms with van der Waals surface area (Å²) in [6.45, 7) is 2.99. The molecule has 2 aromatic carbocycles. The van der Waals surface area contributed by atoms with Gasteiger partial charge in [0.25, 0.3) is 0 Å². The maximum Gasteiger partial charge on any atom is 0.202 e. The van der Waals surface area contributed by atoms with Gasteiger partial charge in [-0.2, -0.15) is 5.10 Å². The lowest BCUT2D eigenvalue weighted by atomic mass is 9.86. The second kappa shape index (κ2) is 7.17. The van der Waals surface area contributed by atoms with Crippen LogP contribution in [0, 0.1) is 0 Å².